The molecule has 1 aromatic heterocycles. The summed E-state index contributed by atoms with van der Waals surface area (Å²) in [5.74, 6) is 2.07. The highest BCUT2D eigenvalue weighted by molar-refractivity contribution is 8.14. The summed E-state index contributed by atoms with van der Waals surface area (Å²) in [6, 6.07) is 5.61. The number of hydrogen-bond acceptors (Lipinski definition) is 6. The molecule has 0 bridgehead atoms. The third-order valence-electron chi connectivity index (χ3n) is 4.07. The number of carbonyl (C=O) groups excluding carboxylic acids is 1. The third kappa shape index (κ3) is 4.45. The predicted octanol–water partition coefficient (Wildman–Crippen LogP) is 4.18. The van der Waals surface area contributed by atoms with Crippen LogP contribution in [0, 0.1) is 6.92 Å². The number of rotatable bonds is 6. The molecule has 1 amide bonds. The van der Waals surface area contributed by atoms with Gasteiger partial charge in [0.1, 0.15) is 0 Å². The van der Waals surface area contributed by atoms with Crippen molar-refractivity contribution in [1.29, 1.82) is 0 Å². The number of halogens is 1. The SMILES string of the molecule is CCCc1noc(CCC(=O)N2CCSC2=Nc2cccc(Cl)c2C)n1. The van der Waals surface area contributed by atoms with Gasteiger partial charge in [0.25, 0.3) is 0 Å². The fraction of sp³-hybridized carbons (Fsp3) is 0.444. The van der Waals surface area contributed by atoms with E-state index < -0.39 is 0 Å². The van der Waals surface area contributed by atoms with Crippen LogP contribution in [-0.4, -0.2) is 38.4 Å². The van der Waals surface area contributed by atoms with E-state index in [2.05, 4.69) is 22.1 Å². The highest BCUT2D eigenvalue weighted by Gasteiger charge is 2.26. The lowest BCUT2D eigenvalue weighted by molar-refractivity contribution is -0.127. The van der Waals surface area contributed by atoms with E-state index in [0.29, 0.717) is 36.1 Å². The van der Waals surface area contributed by atoms with E-state index >= 15 is 0 Å². The van der Waals surface area contributed by atoms with Crippen LogP contribution in [0.3, 0.4) is 0 Å². The van der Waals surface area contributed by atoms with Gasteiger partial charge in [-0.2, -0.15) is 4.98 Å². The zero-order chi connectivity index (χ0) is 18.5. The van der Waals surface area contributed by atoms with Crippen LogP contribution in [0.25, 0.3) is 0 Å². The molecule has 2 heterocycles. The lowest BCUT2D eigenvalue weighted by Crippen LogP contribution is -2.31. The van der Waals surface area contributed by atoms with E-state index in [1.807, 2.05) is 25.1 Å². The van der Waals surface area contributed by atoms with Gasteiger partial charge in [-0.05, 0) is 31.0 Å². The van der Waals surface area contributed by atoms with Gasteiger partial charge in [-0.25, -0.2) is 4.99 Å². The molecule has 0 atom stereocenters. The van der Waals surface area contributed by atoms with Gasteiger partial charge in [0.05, 0.1) is 5.69 Å². The van der Waals surface area contributed by atoms with Gasteiger partial charge >= 0.3 is 0 Å². The Morgan fingerprint density at radius 2 is 2.27 bits per heavy atom. The van der Waals surface area contributed by atoms with Crippen molar-refractivity contribution in [2.75, 3.05) is 12.3 Å². The number of hydrogen-bond donors (Lipinski definition) is 0. The molecule has 1 saturated heterocycles. The number of amides is 1. The Balaban J connectivity index is 1.66. The number of aromatic nitrogens is 2. The fourth-order valence-corrected chi connectivity index (χ4v) is 3.75. The Kier molecular flexibility index (Phi) is 6.32. The molecule has 0 aliphatic carbocycles. The Bertz CT molecular complexity index is 821. The van der Waals surface area contributed by atoms with Crippen molar-refractivity contribution in [1.82, 2.24) is 15.0 Å². The Morgan fingerprint density at radius 3 is 3.08 bits per heavy atom. The number of amidine groups is 1. The van der Waals surface area contributed by atoms with Crippen LogP contribution in [0.15, 0.2) is 27.7 Å². The number of thioether (sulfide) groups is 1. The number of aliphatic imine (C=N–C) groups is 1. The van der Waals surface area contributed by atoms with E-state index in [4.69, 9.17) is 16.1 Å². The second-order valence-electron chi connectivity index (χ2n) is 6.03. The predicted molar refractivity (Wildman–Crippen MR) is 104 cm³/mol. The molecule has 0 radical (unpaired) electrons. The van der Waals surface area contributed by atoms with E-state index in [1.165, 1.54) is 0 Å². The minimum Gasteiger partial charge on any atom is -0.339 e. The lowest BCUT2D eigenvalue weighted by atomic mass is 10.2. The van der Waals surface area contributed by atoms with E-state index in [-0.39, 0.29) is 5.91 Å². The van der Waals surface area contributed by atoms with Gasteiger partial charge in [0, 0.05) is 36.6 Å². The molecule has 2 aromatic rings. The van der Waals surface area contributed by atoms with Crippen LogP contribution in [0.4, 0.5) is 5.69 Å². The minimum absolute atomic E-state index is 0.0173. The first kappa shape index (κ1) is 18.9. The second-order valence-corrected chi connectivity index (χ2v) is 7.50. The Labute approximate surface area is 162 Å². The first-order valence-corrected chi connectivity index (χ1v) is 10.0. The quantitative estimate of drug-likeness (QED) is 0.737. The van der Waals surface area contributed by atoms with Crippen molar-refractivity contribution in [2.24, 2.45) is 4.99 Å². The van der Waals surface area contributed by atoms with Crippen molar-refractivity contribution in [3.05, 3.63) is 40.5 Å². The maximum absolute atomic E-state index is 12.6. The summed E-state index contributed by atoms with van der Waals surface area (Å²) in [4.78, 5) is 23.3. The van der Waals surface area contributed by atoms with Crippen molar-refractivity contribution in [3.63, 3.8) is 0 Å². The summed E-state index contributed by atoms with van der Waals surface area (Å²) in [6.45, 7) is 4.65. The molecule has 8 heteroatoms. The first-order valence-electron chi connectivity index (χ1n) is 8.67. The molecule has 0 saturated carbocycles. The van der Waals surface area contributed by atoms with Crippen LogP contribution in [0.1, 0.15) is 37.0 Å². The molecular weight excluding hydrogens is 372 g/mol. The summed E-state index contributed by atoms with van der Waals surface area (Å²) >= 11 is 7.74. The van der Waals surface area contributed by atoms with Crippen molar-refractivity contribution in [2.45, 2.75) is 39.5 Å². The highest BCUT2D eigenvalue weighted by atomic mass is 35.5. The van der Waals surface area contributed by atoms with Gasteiger partial charge in [0.2, 0.25) is 11.8 Å². The number of aryl methyl sites for hydroxylation is 2. The lowest BCUT2D eigenvalue weighted by Gasteiger charge is -2.15. The van der Waals surface area contributed by atoms with Crippen LogP contribution in [0.2, 0.25) is 5.02 Å². The summed E-state index contributed by atoms with van der Waals surface area (Å²) in [5.41, 5.74) is 1.71. The van der Waals surface area contributed by atoms with E-state index in [0.717, 1.165) is 35.0 Å². The Morgan fingerprint density at radius 1 is 1.42 bits per heavy atom. The molecule has 1 aliphatic heterocycles. The topological polar surface area (TPSA) is 71.6 Å². The molecular formula is C18H21ClN4O2S. The maximum Gasteiger partial charge on any atom is 0.229 e. The number of benzene rings is 1. The zero-order valence-electron chi connectivity index (χ0n) is 14.9. The average molecular weight is 393 g/mol. The highest BCUT2D eigenvalue weighted by Crippen LogP contribution is 2.29. The molecule has 1 fully saturated rings. The minimum atomic E-state index is 0.0173. The first-order chi connectivity index (χ1) is 12.6. The van der Waals surface area contributed by atoms with E-state index in [1.54, 1.807) is 16.7 Å². The van der Waals surface area contributed by atoms with Crippen molar-refractivity contribution < 1.29 is 9.32 Å². The van der Waals surface area contributed by atoms with Gasteiger partial charge in [-0.15, -0.1) is 0 Å². The third-order valence-corrected chi connectivity index (χ3v) is 5.44. The van der Waals surface area contributed by atoms with Crippen LogP contribution >= 0.6 is 23.4 Å². The molecule has 0 spiro atoms. The number of carbonyl (C=O) groups is 1. The number of nitrogens with zero attached hydrogens (tertiary/aromatic N) is 4. The van der Waals surface area contributed by atoms with Crippen LogP contribution in [-0.2, 0) is 17.6 Å². The summed E-state index contributed by atoms with van der Waals surface area (Å²) in [5, 5.41) is 5.31. The molecule has 1 aliphatic rings. The van der Waals surface area contributed by atoms with Gasteiger partial charge in [-0.3, -0.25) is 9.69 Å². The smallest absolute Gasteiger partial charge is 0.229 e. The molecule has 0 unspecified atom stereocenters. The second kappa shape index (κ2) is 8.68. The van der Waals surface area contributed by atoms with Gasteiger partial charge < -0.3 is 4.52 Å². The molecule has 6 nitrogen and oxygen atoms in total. The molecule has 1 aromatic carbocycles. The average Bonchev–Trinajstić information content (AvgIpc) is 3.27. The van der Waals surface area contributed by atoms with Crippen molar-refractivity contribution >= 4 is 40.1 Å². The monoisotopic (exact) mass is 392 g/mol. The summed E-state index contributed by atoms with van der Waals surface area (Å²) in [7, 11) is 0. The standard InChI is InChI=1S/C18H21ClN4O2S/c1-3-5-15-21-16(25-22-15)8-9-17(24)23-10-11-26-18(23)20-14-7-4-6-13(19)12(14)2/h4,6-7H,3,5,8-11H2,1-2H3. The van der Waals surface area contributed by atoms with E-state index in [9.17, 15) is 4.79 Å². The largest absolute Gasteiger partial charge is 0.339 e. The summed E-state index contributed by atoms with van der Waals surface area (Å²) < 4.78 is 5.20. The van der Waals surface area contributed by atoms with Crippen LogP contribution < -0.4 is 0 Å². The zero-order valence-corrected chi connectivity index (χ0v) is 16.4. The maximum atomic E-state index is 12.6. The van der Waals surface area contributed by atoms with Crippen LogP contribution in [0.5, 0.6) is 0 Å². The fourth-order valence-electron chi connectivity index (χ4n) is 2.61. The van der Waals surface area contributed by atoms with Gasteiger partial charge in [-0.1, -0.05) is 41.5 Å². The molecule has 3 rings (SSSR count). The molecule has 26 heavy (non-hydrogen) atoms. The molecule has 0 N–H and O–H groups in total. The Hall–Kier alpha value is -1.86. The van der Waals surface area contributed by atoms with Crippen molar-refractivity contribution in [3.8, 4) is 0 Å². The summed E-state index contributed by atoms with van der Waals surface area (Å²) in [6.07, 6.45) is 2.52. The van der Waals surface area contributed by atoms with Gasteiger partial charge in [0.15, 0.2) is 11.0 Å². The normalized spacial score (nSPS) is 15.8. The molecule has 138 valence electrons.